The highest BCUT2D eigenvalue weighted by Crippen LogP contribution is 2.43. The maximum atomic E-state index is 12.9. The number of nitrogens with one attached hydrogen (secondary N) is 2. The molecule has 12 heteroatoms. The molecule has 1 saturated carbocycles. The molecule has 0 radical (unpaired) electrons. The largest absolute Gasteiger partial charge is 0.452 e. The fourth-order valence-corrected chi connectivity index (χ4v) is 5.02. The summed E-state index contributed by atoms with van der Waals surface area (Å²) >= 11 is 18.3. The van der Waals surface area contributed by atoms with Gasteiger partial charge in [-0.1, -0.05) is 29.8 Å². The summed E-state index contributed by atoms with van der Waals surface area (Å²) in [5, 5.41) is -0.618. The van der Waals surface area contributed by atoms with Crippen LogP contribution in [0.5, 0.6) is 0 Å². The van der Waals surface area contributed by atoms with Gasteiger partial charge in [-0.05, 0) is 43.2 Å². The van der Waals surface area contributed by atoms with Crippen LogP contribution < -0.4 is 15.8 Å². The molecule has 0 aromatic heterocycles. The van der Waals surface area contributed by atoms with Crippen molar-refractivity contribution in [1.29, 1.82) is 0 Å². The zero-order valence-electron chi connectivity index (χ0n) is 18.6. The fraction of sp³-hybridized carbons (Fsp3) is 0.292. The highest BCUT2D eigenvalue weighted by molar-refractivity contribution is 6.34. The van der Waals surface area contributed by atoms with Crippen molar-refractivity contribution in [3.05, 3.63) is 64.7 Å². The molecule has 1 aliphatic carbocycles. The number of rotatable bonds is 5. The van der Waals surface area contributed by atoms with Gasteiger partial charge in [-0.3, -0.25) is 34.9 Å². The zero-order valence-corrected chi connectivity index (χ0v) is 20.8. The van der Waals surface area contributed by atoms with Crippen LogP contribution in [0.4, 0.5) is 5.69 Å². The Morgan fingerprint density at radius 1 is 0.917 bits per heavy atom. The van der Waals surface area contributed by atoms with E-state index in [0.29, 0.717) is 12.8 Å². The van der Waals surface area contributed by atoms with Gasteiger partial charge >= 0.3 is 5.97 Å². The summed E-state index contributed by atoms with van der Waals surface area (Å²) < 4.78 is 4.99. The molecular weight excluding hydrogens is 533 g/mol. The quantitative estimate of drug-likeness (QED) is 0.254. The van der Waals surface area contributed by atoms with E-state index < -0.39 is 58.8 Å². The van der Waals surface area contributed by atoms with Crippen LogP contribution >= 0.6 is 34.8 Å². The number of imide groups is 1. The van der Waals surface area contributed by atoms with Crippen molar-refractivity contribution >= 4 is 70.1 Å². The van der Waals surface area contributed by atoms with E-state index in [4.69, 9.17) is 39.5 Å². The number of carbonyl (C=O) groups excluding carboxylic acids is 5. The number of esters is 1. The van der Waals surface area contributed by atoms with Gasteiger partial charge in [-0.15, -0.1) is 23.2 Å². The molecule has 1 aliphatic heterocycles. The summed E-state index contributed by atoms with van der Waals surface area (Å²) in [5.74, 6) is -4.19. The van der Waals surface area contributed by atoms with Crippen molar-refractivity contribution in [2.75, 3.05) is 11.5 Å². The highest BCUT2D eigenvalue weighted by Gasteiger charge is 2.52. The van der Waals surface area contributed by atoms with E-state index in [-0.39, 0.29) is 21.8 Å². The van der Waals surface area contributed by atoms with E-state index in [1.54, 1.807) is 12.1 Å². The smallest absolute Gasteiger partial charge is 0.338 e. The lowest BCUT2D eigenvalue weighted by atomic mass is 9.80. The predicted molar refractivity (Wildman–Crippen MR) is 132 cm³/mol. The monoisotopic (exact) mass is 551 g/mol. The standard InChI is InChI=1S/C24H20Cl3N3O6/c25-17-7-2-1-6-14(17)21(32)29-28-20(31)11-36-24(35)12-4-3-5-13(8-12)30-22(33)15-9-18(26)19(27)10-16(15)23(30)34/h1-8,15-16,18-19H,9-11H2,(H,28,31)(H,29,32)/t15-,16-,18+,19+/m1/s1. The number of anilines is 1. The van der Waals surface area contributed by atoms with E-state index in [2.05, 4.69) is 10.9 Å². The first-order valence-electron chi connectivity index (χ1n) is 10.9. The molecule has 4 rings (SSSR count). The summed E-state index contributed by atoms with van der Waals surface area (Å²) in [4.78, 5) is 63.5. The van der Waals surface area contributed by atoms with Gasteiger partial charge in [0.05, 0.1) is 44.4 Å². The second kappa shape index (κ2) is 10.9. The first kappa shape index (κ1) is 25.9. The van der Waals surface area contributed by atoms with Crippen molar-refractivity contribution < 1.29 is 28.7 Å². The van der Waals surface area contributed by atoms with Gasteiger partial charge in [0, 0.05) is 0 Å². The molecule has 4 atom stereocenters. The highest BCUT2D eigenvalue weighted by atomic mass is 35.5. The third-order valence-electron chi connectivity index (χ3n) is 6.02. The number of hydrazine groups is 1. The number of ether oxygens (including phenoxy) is 1. The number of halogens is 3. The number of hydrogen-bond donors (Lipinski definition) is 2. The molecular formula is C24H20Cl3N3O6. The van der Waals surface area contributed by atoms with Gasteiger partial charge in [-0.25, -0.2) is 4.79 Å². The number of amides is 4. The second-order valence-electron chi connectivity index (χ2n) is 8.34. The third-order valence-corrected chi connectivity index (χ3v) is 7.44. The number of fused-ring (bicyclic) bond motifs is 1. The summed E-state index contributed by atoms with van der Waals surface area (Å²) in [6, 6.07) is 12.0. The molecule has 1 saturated heterocycles. The Bertz CT molecular complexity index is 1210. The number of alkyl halides is 2. The summed E-state index contributed by atoms with van der Waals surface area (Å²) in [5.41, 5.74) is 4.69. The van der Waals surface area contributed by atoms with Crippen LogP contribution in [-0.2, 0) is 19.1 Å². The number of nitrogens with zero attached hydrogens (tertiary/aromatic N) is 1. The van der Waals surface area contributed by atoms with Crippen LogP contribution in [0, 0.1) is 11.8 Å². The number of benzene rings is 2. The Hall–Kier alpha value is -3.14. The van der Waals surface area contributed by atoms with Gasteiger partial charge in [0.1, 0.15) is 0 Å². The first-order chi connectivity index (χ1) is 17.2. The lowest BCUT2D eigenvalue weighted by Crippen LogP contribution is -2.43. The minimum Gasteiger partial charge on any atom is -0.452 e. The Kier molecular flexibility index (Phi) is 7.82. The molecule has 2 aromatic rings. The lowest BCUT2D eigenvalue weighted by Gasteiger charge is -2.28. The molecule has 0 unspecified atom stereocenters. The molecule has 2 fully saturated rings. The van der Waals surface area contributed by atoms with Gasteiger partial charge in [0.25, 0.3) is 11.8 Å². The summed E-state index contributed by atoms with van der Waals surface area (Å²) in [7, 11) is 0. The first-order valence-corrected chi connectivity index (χ1v) is 12.2. The molecule has 2 aromatic carbocycles. The van der Waals surface area contributed by atoms with Crippen LogP contribution in [0.2, 0.25) is 5.02 Å². The molecule has 188 valence electrons. The van der Waals surface area contributed by atoms with Crippen molar-refractivity contribution in [3.63, 3.8) is 0 Å². The number of hydrogen-bond acceptors (Lipinski definition) is 6. The van der Waals surface area contributed by atoms with Crippen molar-refractivity contribution in [2.45, 2.75) is 23.6 Å². The maximum absolute atomic E-state index is 12.9. The molecule has 2 N–H and O–H groups in total. The Morgan fingerprint density at radius 2 is 1.56 bits per heavy atom. The van der Waals surface area contributed by atoms with Gasteiger partial charge in [0.2, 0.25) is 11.8 Å². The van der Waals surface area contributed by atoms with E-state index in [1.807, 2.05) is 0 Å². The van der Waals surface area contributed by atoms with Gasteiger partial charge in [0.15, 0.2) is 6.61 Å². The minimum atomic E-state index is -0.859. The van der Waals surface area contributed by atoms with Crippen LogP contribution in [0.3, 0.4) is 0 Å². The Balaban J connectivity index is 1.35. The molecule has 0 bridgehead atoms. The Labute approximate surface area is 221 Å². The predicted octanol–water partition coefficient (Wildman–Crippen LogP) is 3.07. The fourth-order valence-electron chi connectivity index (χ4n) is 4.21. The molecule has 2 aliphatic rings. The molecule has 1 heterocycles. The van der Waals surface area contributed by atoms with E-state index in [1.165, 1.54) is 36.4 Å². The molecule has 4 amide bonds. The van der Waals surface area contributed by atoms with Crippen LogP contribution in [0.25, 0.3) is 0 Å². The van der Waals surface area contributed by atoms with E-state index >= 15 is 0 Å². The molecule has 9 nitrogen and oxygen atoms in total. The lowest BCUT2D eigenvalue weighted by molar-refractivity contribution is -0.125. The zero-order chi connectivity index (χ0) is 26.0. The summed E-state index contributed by atoms with van der Waals surface area (Å²) in [6.07, 6.45) is 0.594. The number of carbonyl (C=O) groups is 5. The minimum absolute atomic E-state index is 0.0290. The van der Waals surface area contributed by atoms with Gasteiger partial charge in [-0.2, -0.15) is 0 Å². The van der Waals surface area contributed by atoms with Crippen LogP contribution in [0.1, 0.15) is 33.6 Å². The summed E-state index contributed by atoms with van der Waals surface area (Å²) in [6.45, 7) is -0.689. The third kappa shape index (κ3) is 5.33. The average molecular weight is 553 g/mol. The van der Waals surface area contributed by atoms with Crippen molar-refractivity contribution in [2.24, 2.45) is 11.8 Å². The van der Waals surface area contributed by atoms with Crippen molar-refractivity contribution in [1.82, 2.24) is 10.9 Å². The second-order valence-corrected chi connectivity index (χ2v) is 9.87. The topological polar surface area (TPSA) is 122 Å². The SMILES string of the molecule is O=C(COC(=O)c1cccc(N2C(=O)[C@@H]3C[C@H](Cl)[C@@H](Cl)C[C@H]3C2=O)c1)NNC(=O)c1ccccc1Cl. The maximum Gasteiger partial charge on any atom is 0.338 e. The molecule has 0 spiro atoms. The van der Waals surface area contributed by atoms with Gasteiger partial charge < -0.3 is 4.74 Å². The average Bonchev–Trinajstić information content (AvgIpc) is 3.10. The van der Waals surface area contributed by atoms with E-state index in [9.17, 15) is 24.0 Å². The van der Waals surface area contributed by atoms with Crippen molar-refractivity contribution in [3.8, 4) is 0 Å². The van der Waals surface area contributed by atoms with Crippen LogP contribution in [0.15, 0.2) is 48.5 Å². The normalized spacial score (nSPS) is 23.1. The van der Waals surface area contributed by atoms with E-state index in [0.717, 1.165) is 4.90 Å². The Morgan fingerprint density at radius 3 is 2.19 bits per heavy atom. The molecule has 36 heavy (non-hydrogen) atoms. The van der Waals surface area contributed by atoms with Crippen LogP contribution in [-0.4, -0.2) is 47.0 Å².